The fraction of sp³-hybridized carbons (Fsp3) is 0.294. The maximum atomic E-state index is 13.8. The van der Waals surface area contributed by atoms with E-state index in [4.69, 9.17) is 4.74 Å². The fourth-order valence-corrected chi connectivity index (χ4v) is 2.18. The lowest BCUT2D eigenvalue weighted by Crippen LogP contribution is -2.01. The van der Waals surface area contributed by atoms with Crippen molar-refractivity contribution in [3.05, 3.63) is 59.4 Å². The van der Waals surface area contributed by atoms with E-state index in [1.54, 1.807) is 12.1 Å². The summed E-state index contributed by atoms with van der Waals surface area (Å²) >= 11 is 0. The van der Waals surface area contributed by atoms with Gasteiger partial charge in [0.15, 0.2) is 0 Å². The van der Waals surface area contributed by atoms with Crippen LogP contribution in [-0.2, 0) is 0 Å². The van der Waals surface area contributed by atoms with E-state index in [2.05, 4.69) is 13.8 Å². The minimum absolute atomic E-state index is 0.186. The van der Waals surface area contributed by atoms with Crippen molar-refractivity contribution in [2.24, 2.45) is 0 Å². The van der Waals surface area contributed by atoms with Gasteiger partial charge in [0.25, 0.3) is 0 Å². The summed E-state index contributed by atoms with van der Waals surface area (Å²) in [6.45, 7) is 5.67. The van der Waals surface area contributed by atoms with E-state index in [0.29, 0.717) is 17.4 Å². The molecular formula is C17H19FO2. The van der Waals surface area contributed by atoms with Crippen LogP contribution in [0.2, 0.25) is 0 Å². The molecule has 1 atom stereocenters. The van der Waals surface area contributed by atoms with Gasteiger partial charge in [0.1, 0.15) is 17.3 Å². The second kappa shape index (κ2) is 6.06. The normalized spacial score (nSPS) is 12.5. The highest BCUT2D eigenvalue weighted by Crippen LogP contribution is 2.35. The van der Waals surface area contributed by atoms with Gasteiger partial charge in [0, 0.05) is 0 Å². The molecule has 2 aromatic carbocycles. The monoisotopic (exact) mass is 274 g/mol. The second-order valence-corrected chi connectivity index (χ2v) is 5.12. The summed E-state index contributed by atoms with van der Waals surface area (Å²) in [4.78, 5) is 0. The first-order valence-electron chi connectivity index (χ1n) is 6.74. The Labute approximate surface area is 118 Å². The van der Waals surface area contributed by atoms with Gasteiger partial charge in [-0.2, -0.15) is 0 Å². The summed E-state index contributed by atoms with van der Waals surface area (Å²) in [5, 5.41) is 9.72. The predicted molar refractivity (Wildman–Crippen MR) is 77.6 cm³/mol. The van der Waals surface area contributed by atoms with Crippen LogP contribution >= 0.6 is 0 Å². The third-order valence-electron chi connectivity index (χ3n) is 3.19. The van der Waals surface area contributed by atoms with E-state index in [0.717, 1.165) is 5.56 Å². The molecule has 0 aliphatic carbocycles. The fourth-order valence-electron chi connectivity index (χ4n) is 2.18. The molecule has 0 aromatic heterocycles. The quantitative estimate of drug-likeness (QED) is 0.868. The third kappa shape index (κ3) is 2.99. The standard InChI is InChI=1S/C17H19FO2/c1-11(2)13-7-4-5-9-15(13)20-16-10-6-8-14(18)17(16)12(3)19/h4-12,19H,1-3H3/t12-/m1/s1. The van der Waals surface area contributed by atoms with Crippen molar-refractivity contribution in [3.63, 3.8) is 0 Å². The largest absolute Gasteiger partial charge is 0.457 e. The molecule has 0 amide bonds. The molecule has 0 fully saturated rings. The number of benzene rings is 2. The van der Waals surface area contributed by atoms with Crippen molar-refractivity contribution < 1.29 is 14.2 Å². The Kier molecular flexibility index (Phi) is 4.40. The Morgan fingerprint density at radius 3 is 2.25 bits per heavy atom. The van der Waals surface area contributed by atoms with E-state index >= 15 is 0 Å². The van der Waals surface area contributed by atoms with Gasteiger partial charge in [-0.1, -0.05) is 38.1 Å². The van der Waals surface area contributed by atoms with E-state index in [1.807, 2.05) is 24.3 Å². The molecule has 1 N–H and O–H groups in total. The Bertz CT molecular complexity index is 591. The minimum Gasteiger partial charge on any atom is -0.457 e. The van der Waals surface area contributed by atoms with Crippen LogP contribution in [0, 0.1) is 5.82 Å². The highest BCUT2D eigenvalue weighted by molar-refractivity contribution is 5.43. The van der Waals surface area contributed by atoms with Crippen molar-refractivity contribution in [2.75, 3.05) is 0 Å². The van der Waals surface area contributed by atoms with Gasteiger partial charge in [-0.3, -0.25) is 0 Å². The van der Waals surface area contributed by atoms with Gasteiger partial charge in [0.05, 0.1) is 11.7 Å². The summed E-state index contributed by atoms with van der Waals surface area (Å²) in [7, 11) is 0. The van der Waals surface area contributed by atoms with Gasteiger partial charge in [-0.15, -0.1) is 0 Å². The lowest BCUT2D eigenvalue weighted by Gasteiger charge is -2.17. The Hall–Kier alpha value is -1.87. The summed E-state index contributed by atoms with van der Waals surface area (Å²) in [5.74, 6) is 0.886. The maximum Gasteiger partial charge on any atom is 0.136 e. The first-order chi connectivity index (χ1) is 9.50. The topological polar surface area (TPSA) is 29.5 Å². The molecule has 0 spiro atoms. The van der Waals surface area contributed by atoms with Crippen molar-refractivity contribution in [1.29, 1.82) is 0 Å². The van der Waals surface area contributed by atoms with Crippen LogP contribution in [0.25, 0.3) is 0 Å². The SMILES string of the molecule is CC(C)c1ccccc1Oc1cccc(F)c1[C@@H](C)O. The van der Waals surface area contributed by atoms with Crippen LogP contribution in [0.5, 0.6) is 11.5 Å². The lowest BCUT2D eigenvalue weighted by molar-refractivity contribution is 0.190. The molecule has 0 aliphatic rings. The number of halogens is 1. The van der Waals surface area contributed by atoms with Crippen molar-refractivity contribution in [2.45, 2.75) is 32.8 Å². The lowest BCUT2D eigenvalue weighted by atomic mass is 10.0. The zero-order valence-corrected chi connectivity index (χ0v) is 11.9. The summed E-state index contributed by atoms with van der Waals surface area (Å²) < 4.78 is 19.7. The molecule has 0 aliphatic heterocycles. The van der Waals surface area contributed by atoms with Crippen LogP contribution in [0.4, 0.5) is 4.39 Å². The predicted octanol–water partition coefficient (Wildman–Crippen LogP) is 4.79. The molecule has 2 aromatic rings. The van der Waals surface area contributed by atoms with Crippen LogP contribution in [0.1, 0.15) is 43.9 Å². The molecule has 106 valence electrons. The molecule has 0 saturated carbocycles. The number of hydrogen-bond acceptors (Lipinski definition) is 2. The van der Waals surface area contributed by atoms with Crippen LogP contribution in [-0.4, -0.2) is 5.11 Å². The van der Waals surface area contributed by atoms with Gasteiger partial charge in [-0.05, 0) is 36.6 Å². The van der Waals surface area contributed by atoms with Gasteiger partial charge in [-0.25, -0.2) is 4.39 Å². The summed E-state index contributed by atoms with van der Waals surface area (Å²) in [5.41, 5.74) is 1.24. The molecule has 0 bridgehead atoms. The van der Waals surface area contributed by atoms with Gasteiger partial charge < -0.3 is 9.84 Å². The highest BCUT2D eigenvalue weighted by Gasteiger charge is 2.16. The zero-order chi connectivity index (χ0) is 14.7. The number of ether oxygens (including phenoxy) is 1. The average molecular weight is 274 g/mol. The van der Waals surface area contributed by atoms with Crippen LogP contribution in [0.15, 0.2) is 42.5 Å². The van der Waals surface area contributed by atoms with Crippen molar-refractivity contribution >= 4 is 0 Å². The number of rotatable bonds is 4. The average Bonchev–Trinajstić information content (AvgIpc) is 2.38. The number of para-hydroxylation sites is 1. The Morgan fingerprint density at radius 2 is 1.60 bits per heavy atom. The number of hydrogen-bond donors (Lipinski definition) is 1. The van der Waals surface area contributed by atoms with Gasteiger partial charge >= 0.3 is 0 Å². The molecule has 3 heteroatoms. The molecule has 2 nitrogen and oxygen atoms in total. The van der Waals surface area contributed by atoms with Gasteiger partial charge in [0.2, 0.25) is 0 Å². The number of aliphatic hydroxyl groups is 1. The number of aliphatic hydroxyl groups excluding tert-OH is 1. The van der Waals surface area contributed by atoms with Crippen LogP contribution in [0.3, 0.4) is 0 Å². The Balaban J connectivity index is 2.43. The molecule has 20 heavy (non-hydrogen) atoms. The highest BCUT2D eigenvalue weighted by atomic mass is 19.1. The third-order valence-corrected chi connectivity index (χ3v) is 3.19. The summed E-state index contributed by atoms with van der Waals surface area (Å²) in [6.07, 6.45) is -0.919. The van der Waals surface area contributed by atoms with Crippen molar-refractivity contribution in [3.8, 4) is 11.5 Å². The van der Waals surface area contributed by atoms with Crippen molar-refractivity contribution in [1.82, 2.24) is 0 Å². The molecule has 2 rings (SSSR count). The summed E-state index contributed by atoms with van der Waals surface area (Å²) in [6, 6.07) is 12.2. The molecule has 0 radical (unpaired) electrons. The first-order valence-corrected chi connectivity index (χ1v) is 6.74. The zero-order valence-electron chi connectivity index (χ0n) is 11.9. The Morgan fingerprint density at radius 1 is 0.950 bits per heavy atom. The van der Waals surface area contributed by atoms with E-state index in [1.165, 1.54) is 13.0 Å². The van der Waals surface area contributed by atoms with E-state index < -0.39 is 11.9 Å². The molecule has 0 heterocycles. The first kappa shape index (κ1) is 14.5. The molecule has 0 saturated heterocycles. The second-order valence-electron chi connectivity index (χ2n) is 5.12. The van der Waals surface area contributed by atoms with Crippen LogP contribution < -0.4 is 4.74 Å². The van der Waals surface area contributed by atoms with E-state index in [9.17, 15) is 9.50 Å². The molecular weight excluding hydrogens is 255 g/mol. The minimum atomic E-state index is -0.919. The smallest absolute Gasteiger partial charge is 0.136 e. The maximum absolute atomic E-state index is 13.8. The molecule has 0 unspecified atom stereocenters. The van der Waals surface area contributed by atoms with E-state index in [-0.39, 0.29) is 5.56 Å².